The minimum absolute atomic E-state index is 0.0394. The van der Waals surface area contributed by atoms with Gasteiger partial charge in [-0.05, 0) is 36.4 Å². The molecule has 6 nitrogen and oxygen atoms in total. The molecule has 0 saturated heterocycles. The molecule has 6 N–H and O–H groups in total. The van der Waals surface area contributed by atoms with Crippen LogP contribution >= 0.6 is 23.2 Å². The third-order valence-corrected chi connectivity index (χ3v) is 2.96. The molecule has 0 atom stereocenters. The normalized spacial score (nSPS) is 9.55. The summed E-state index contributed by atoms with van der Waals surface area (Å²) in [7, 11) is 0. The molecule has 0 bridgehead atoms. The first-order valence-electron chi connectivity index (χ1n) is 5.79. The molecule has 0 aliphatic rings. The van der Waals surface area contributed by atoms with Crippen molar-refractivity contribution in [1.29, 1.82) is 0 Å². The van der Waals surface area contributed by atoms with Gasteiger partial charge in [-0.15, -0.1) is 0 Å². The number of carbonyl (C=O) groups is 2. The molecule has 2 aromatic carbocycles. The molecule has 0 radical (unpaired) electrons. The van der Waals surface area contributed by atoms with Gasteiger partial charge in [0.1, 0.15) is 0 Å². The maximum atomic E-state index is 10.4. The van der Waals surface area contributed by atoms with E-state index in [2.05, 4.69) is 0 Å². The van der Waals surface area contributed by atoms with Gasteiger partial charge in [-0.3, -0.25) is 0 Å². The molecule has 0 fully saturated rings. The van der Waals surface area contributed by atoms with Gasteiger partial charge in [0, 0.05) is 21.4 Å². The van der Waals surface area contributed by atoms with Crippen LogP contribution in [0.5, 0.6) is 0 Å². The van der Waals surface area contributed by atoms with Crippen LogP contribution in [0.15, 0.2) is 36.4 Å². The lowest BCUT2D eigenvalue weighted by molar-refractivity contribution is 0.0687. The summed E-state index contributed by atoms with van der Waals surface area (Å²) >= 11 is 11.1. The Hall–Kier alpha value is -2.44. The second-order valence-electron chi connectivity index (χ2n) is 4.07. The maximum absolute atomic E-state index is 10.4. The highest BCUT2D eigenvalue weighted by molar-refractivity contribution is 6.31. The van der Waals surface area contributed by atoms with Crippen LogP contribution in [0, 0.1) is 0 Å². The van der Waals surface area contributed by atoms with Crippen LogP contribution in [0.1, 0.15) is 20.7 Å². The summed E-state index contributed by atoms with van der Waals surface area (Å²) in [5.74, 6) is -2.13. The predicted octanol–water partition coefficient (Wildman–Crippen LogP) is 3.24. The van der Waals surface area contributed by atoms with Gasteiger partial charge in [0.2, 0.25) is 0 Å². The highest BCUT2D eigenvalue weighted by Gasteiger charge is 2.07. The van der Waals surface area contributed by atoms with Crippen LogP contribution in [0.4, 0.5) is 11.4 Å². The fourth-order valence-corrected chi connectivity index (χ4v) is 1.77. The van der Waals surface area contributed by atoms with E-state index in [9.17, 15) is 9.59 Å². The number of benzene rings is 2. The summed E-state index contributed by atoms with van der Waals surface area (Å²) in [5.41, 5.74) is 11.2. The van der Waals surface area contributed by atoms with Crippen molar-refractivity contribution in [2.75, 3.05) is 11.5 Å². The van der Waals surface area contributed by atoms with Crippen molar-refractivity contribution in [3.05, 3.63) is 57.6 Å². The lowest BCUT2D eigenvalue weighted by Crippen LogP contribution is -2.01. The highest BCUT2D eigenvalue weighted by atomic mass is 35.5. The SMILES string of the molecule is Nc1ccc(Cl)cc1C(=O)O.Nc1ccc(Cl)cc1C(=O)O. The molecule has 0 amide bonds. The molecule has 0 aliphatic carbocycles. The zero-order chi connectivity index (χ0) is 16.9. The first-order chi connectivity index (χ1) is 10.2. The van der Waals surface area contributed by atoms with E-state index in [0.717, 1.165) is 0 Å². The average molecular weight is 343 g/mol. The highest BCUT2D eigenvalue weighted by Crippen LogP contribution is 2.18. The molecule has 8 heteroatoms. The molecule has 0 spiro atoms. The molecule has 0 saturated carbocycles. The number of halogens is 2. The van der Waals surface area contributed by atoms with Crippen molar-refractivity contribution in [3.8, 4) is 0 Å². The number of anilines is 2. The van der Waals surface area contributed by atoms with Gasteiger partial charge in [-0.2, -0.15) is 0 Å². The van der Waals surface area contributed by atoms with Gasteiger partial charge in [0.25, 0.3) is 0 Å². The van der Waals surface area contributed by atoms with E-state index in [1.54, 1.807) is 12.1 Å². The number of carboxylic acids is 2. The Morgan fingerprint density at radius 1 is 0.773 bits per heavy atom. The fourth-order valence-electron chi connectivity index (χ4n) is 1.43. The van der Waals surface area contributed by atoms with Gasteiger partial charge in [-0.1, -0.05) is 23.2 Å². The number of nitrogens with two attached hydrogens (primary N) is 2. The Balaban J connectivity index is 0.000000220. The molecule has 2 aromatic rings. The zero-order valence-electron chi connectivity index (χ0n) is 11.1. The van der Waals surface area contributed by atoms with Crippen LogP contribution in [-0.4, -0.2) is 22.2 Å². The Morgan fingerprint density at radius 2 is 1.09 bits per heavy atom. The van der Waals surface area contributed by atoms with Crippen LogP contribution in [0.2, 0.25) is 10.0 Å². The predicted molar refractivity (Wildman–Crippen MR) is 85.6 cm³/mol. The van der Waals surface area contributed by atoms with Gasteiger partial charge in [-0.25, -0.2) is 9.59 Å². The van der Waals surface area contributed by atoms with Crippen LogP contribution < -0.4 is 11.5 Å². The zero-order valence-corrected chi connectivity index (χ0v) is 12.6. The third-order valence-electron chi connectivity index (χ3n) is 2.49. The minimum Gasteiger partial charge on any atom is -0.478 e. The standard InChI is InChI=1S/2C7H6ClNO2/c2*8-4-1-2-6(9)5(3-4)7(10)11/h2*1-3H,9H2,(H,10,11). The second-order valence-corrected chi connectivity index (χ2v) is 4.95. The molecule has 0 aliphatic heterocycles. The lowest BCUT2D eigenvalue weighted by atomic mass is 10.2. The van der Waals surface area contributed by atoms with E-state index in [-0.39, 0.29) is 22.5 Å². The van der Waals surface area contributed by atoms with Gasteiger partial charge in [0.15, 0.2) is 0 Å². The number of nitrogen functional groups attached to an aromatic ring is 2. The molecule has 0 heterocycles. The van der Waals surface area contributed by atoms with E-state index in [0.29, 0.717) is 10.0 Å². The minimum atomic E-state index is -1.06. The first-order valence-corrected chi connectivity index (χ1v) is 6.54. The topological polar surface area (TPSA) is 127 Å². The van der Waals surface area contributed by atoms with Crippen LogP contribution in [0.25, 0.3) is 0 Å². The second kappa shape index (κ2) is 7.53. The summed E-state index contributed by atoms with van der Waals surface area (Å²) < 4.78 is 0. The van der Waals surface area contributed by atoms with Crippen molar-refractivity contribution in [1.82, 2.24) is 0 Å². The molecular weight excluding hydrogens is 331 g/mol. The molecule has 116 valence electrons. The van der Waals surface area contributed by atoms with Gasteiger partial charge >= 0.3 is 11.9 Å². The monoisotopic (exact) mass is 342 g/mol. The van der Waals surface area contributed by atoms with E-state index in [1.165, 1.54) is 24.3 Å². The summed E-state index contributed by atoms with van der Waals surface area (Å²) in [6.07, 6.45) is 0. The van der Waals surface area contributed by atoms with Crippen molar-refractivity contribution < 1.29 is 19.8 Å². The van der Waals surface area contributed by atoms with Crippen molar-refractivity contribution in [2.24, 2.45) is 0 Å². The summed E-state index contributed by atoms with van der Waals surface area (Å²) in [6, 6.07) is 8.66. The third kappa shape index (κ3) is 4.83. The van der Waals surface area contributed by atoms with Crippen molar-refractivity contribution in [2.45, 2.75) is 0 Å². The lowest BCUT2D eigenvalue weighted by Gasteiger charge is -1.99. The van der Waals surface area contributed by atoms with E-state index < -0.39 is 11.9 Å². The summed E-state index contributed by atoms with van der Waals surface area (Å²) in [5, 5.41) is 17.8. The Kier molecular flexibility index (Phi) is 6.03. The number of rotatable bonds is 2. The maximum Gasteiger partial charge on any atom is 0.337 e. The largest absolute Gasteiger partial charge is 0.478 e. The molecule has 22 heavy (non-hydrogen) atoms. The van der Waals surface area contributed by atoms with Crippen LogP contribution in [-0.2, 0) is 0 Å². The van der Waals surface area contributed by atoms with E-state index in [1.807, 2.05) is 0 Å². The van der Waals surface area contributed by atoms with Crippen LogP contribution in [0.3, 0.4) is 0 Å². The molecular formula is C14H12Cl2N2O4. The fraction of sp³-hybridized carbons (Fsp3) is 0. The quantitative estimate of drug-likeness (QED) is 0.620. The Bertz CT molecular complexity index is 658. The summed E-state index contributed by atoms with van der Waals surface area (Å²) in [4.78, 5) is 20.9. The number of aromatic carboxylic acids is 2. The number of hydrogen-bond acceptors (Lipinski definition) is 4. The van der Waals surface area contributed by atoms with Crippen molar-refractivity contribution >= 4 is 46.5 Å². The smallest absolute Gasteiger partial charge is 0.337 e. The molecule has 0 unspecified atom stereocenters. The first kappa shape index (κ1) is 17.6. The van der Waals surface area contributed by atoms with E-state index >= 15 is 0 Å². The average Bonchev–Trinajstić information content (AvgIpc) is 2.44. The number of hydrogen-bond donors (Lipinski definition) is 4. The Labute approximate surface area is 135 Å². The Morgan fingerprint density at radius 3 is 1.32 bits per heavy atom. The molecule has 2 rings (SSSR count). The van der Waals surface area contributed by atoms with E-state index in [4.69, 9.17) is 44.9 Å². The van der Waals surface area contributed by atoms with Crippen molar-refractivity contribution in [3.63, 3.8) is 0 Å². The molecule has 0 aromatic heterocycles. The van der Waals surface area contributed by atoms with Gasteiger partial charge in [0.05, 0.1) is 11.1 Å². The number of carboxylic acid groups (broad SMARTS) is 2. The summed E-state index contributed by atoms with van der Waals surface area (Å²) in [6.45, 7) is 0. The van der Waals surface area contributed by atoms with Gasteiger partial charge < -0.3 is 21.7 Å².